The number of hydrogen-bond acceptors (Lipinski definition) is 5. The van der Waals surface area contributed by atoms with Crippen LogP contribution in [0.3, 0.4) is 0 Å². The van der Waals surface area contributed by atoms with E-state index in [9.17, 15) is 16.8 Å². The Labute approximate surface area is 82.6 Å². The molecule has 0 aliphatic heterocycles. The maximum Gasteiger partial charge on any atom is 0.178 e. The molecule has 7 heteroatoms. The van der Waals surface area contributed by atoms with Crippen molar-refractivity contribution in [3.05, 3.63) is 18.5 Å². The Bertz CT molecular complexity index is 494. The lowest BCUT2D eigenvalue weighted by Gasteiger charge is -2.03. The zero-order chi connectivity index (χ0) is 11.0. The molecule has 0 unspecified atom stereocenters. The SMILES string of the molecule is CS(=O)(=O)c1c[c]ncc1S(C)(=O)=O. The van der Waals surface area contributed by atoms with Crippen LogP contribution in [0.1, 0.15) is 0 Å². The van der Waals surface area contributed by atoms with Crippen molar-refractivity contribution in [3.63, 3.8) is 0 Å². The molecule has 0 bridgehead atoms. The van der Waals surface area contributed by atoms with Crippen molar-refractivity contribution in [3.8, 4) is 0 Å². The zero-order valence-corrected chi connectivity index (χ0v) is 9.18. The maximum atomic E-state index is 11.2. The molecule has 1 aromatic heterocycles. The minimum atomic E-state index is -3.58. The van der Waals surface area contributed by atoms with Gasteiger partial charge < -0.3 is 0 Å². The topological polar surface area (TPSA) is 81.2 Å². The number of aromatic nitrogens is 1. The molecular formula is C7H8NO4S2. The van der Waals surface area contributed by atoms with Crippen LogP contribution in [0.5, 0.6) is 0 Å². The average molecular weight is 234 g/mol. The molecule has 0 aliphatic rings. The fourth-order valence-corrected chi connectivity index (χ4v) is 3.16. The predicted octanol–water partition coefficient (Wildman–Crippen LogP) is -0.311. The van der Waals surface area contributed by atoms with Gasteiger partial charge in [-0.3, -0.25) is 4.98 Å². The summed E-state index contributed by atoms with van der Waals surface area (Å²) in [6.45, 7) is 0. The van der Waals surface area contributed by atoms with E-state index >= 15 is 0 Å². The molecule has 0 amide bonds. The minimum Gasteiger partial charge on any atom is -0.253 e. The van der Waals surface area contributed by atoms with Crippen molar-refractivity contribution >= 4 is 19.7 Å². The Morgan fingerprint density at radius 2 is 1.57 bits per heavy atom. The first kappa shape index (κ1) is 11.1. The van der Waals surface area contributed by atoms with E-state index < -0.39 is 19.7 Å². The molecule has 0 N–H and O–H groups in total. The van der Waals surface area contributed by atoms with E-state index in [1.807, 2.05) is 0 Å². The van der Waals surface area contributed by atoms with Gasteiger partial charge in [-0.25, -0.2) is 16.8 Å². The van der Waals surface area contributed by atoms with Gasteiger partial charge in [0.05, 0.1) is 11.1 Å². The lowest BCUT2D eigenvalue weighted by atomic mass is 10.5. The van der Waals surface area contributed by atoms with E-state index in [4.69, 9.17) is 0 Å². The van der Waals surface area contributed by atoms with Gasteiger partial charge in [-0.05, 0) is 6.07 Å². The number of pyridine rings is 1. The lowest BCUT2D eigenvalue weighted by molar-refractivity contribution is 0.588. The Hall–Kier alpha value is -0.950. The molecule has 0 saturated heterocycles. The van der Waals surface area contributed by atoms with E-state index in [-0.39, 0.29) is 9.79 Å². The van der Waals surface area contributed by atoms with Gasteiger partial charge in [-0.1, -0.05) is 0 Å². The highest BCUT2D eigenvalue weighted by atomic mass is 32.2. The first-order chi connectivity index (χ1) is 6.23. The van der Waals surface area contributed by atoms with Gasteiger partial charge in [0.15, 0.2) is 19.7 Å². The molecular weight excluding hydrogens is 226 g/mol. The van der Waals surface area contributed by atoms with Gasteiger partial charge in [0.1, 0.15) is 4.90 Å². The number of rotatable bonds is 2. The molecule has 0 fully saturated rings. The summed E-state index contributed by atoms with van der Waals surface area (Å²) in [6, 6.07) is 1.05. The van der Waals surface area contributed by atoms with E-state index in [1.54, 1.807) is 0 Å². The molecule has 1 rings (SSSR count). The summed E-state index contributed by atoms with van der Waals surface area (Å²) in [5.74, 6) is 0. The third-order valence-corrected chi connectivity index (χ3v) is 3.88. The van der Waals surface area contributed by atoms with Crippen LogP contribution in [-0.2, 0) is 19.7 Å². The third-order valence-electron chi connectivity index (χ3n) is 1.49. The van der Waals surface area contributed by atoms with Crippen LogP contribution in [0.25, 0.3) is 0 Å². The Morgan fingerprint density at radius 1 is 1.07 bits per heavy atom. The van der Waals surface area contributed by atoms with E-state index in [0.717, 1.165) is 24.8 Å². The van der Waals surface area contributed by atoms with E-state index in [1.165, 1.54) is 0 Å². The number of hydrogen-bond donors (Lipinski definition) is 0. The summed E-state index contributed by atoms with van der Waals surface area (Å²) >= 11 is 0. The summed E-state index contributed by atoms with van der Waals surface area (Å²) in [6.07, 6.45) is 5.13. The second-order valence-corrected chi connectivity index (χ2v) is 6.77. The van der Waals surface area contributed by atoms with Gasteiger partial charge >= 0.3 is 0 Å². The minimum absolute atomic E-state index is 0.269. The normalized spacial score (nSPS) is 12.7. The molecule has 0 spiro atoms. The van der Waals surface area contributed by atoms with Crippen LogP contribution in [0.4, 0.5) is 0 Å². The predicted molar refractivity (Wildman–Crippen MR) is 49.3 cm³/mol. The smallest absolute Gasteiger partial charge is 0.178 e. The summed E-state index contributed by atoms with van der Waals surface area (Å²) in [5.41, 5.74) is 0. The first-order valence-electron chi connectivity index (χ1n) is 3.49. The van der Waals surface area contributed by atoms with Gasteiger partial charge in [0.25, 0.3) is 0 Å². The second kappa shape index (κ2) is 3.32. The van der Waals surface area contributed by atoms with Crippen molar-refractivity contribution in [1.82, 2.24) is 4.98 Å². The maximum absolute atomic E-state index is 11.2. The van der Waals surface area contributed by atoms with Crippen molar-refractivity contribution in [2.75, 3.05) is 12.5 Å². The molecule has 0 atom stereocenters. The molecule has 0 saturated carbocycles. The van der Waals surface area contributed by atoms with Crippen LogP contribution in [0.15, 0.2) is 22.1 Å². The van der Waals surface area contributed by atoms with Gasteiger partial charge in [0.2, 0.25) is 0 Å². The molecule has 0 aromatic carbocycles. The zero-order valence-electron chi connectivity index (χ0n) is 7.55. The summed E-state index contributed by atoms with van der Waals surface area (Å²) in [4.78, 5) is 2.90. The average Bonchev–Trinajstić information content (AvgIpc) is 2.01. The molecule has 1 aromatic rings. The highest BCUT2D eigenvalue weighted by Crippen LogP contribution is 2.18. The Kier molecular flexibility index (Phi) is 2.64. The van der Waals surface area contributed by atoms with Crippen molar-refractivity contribution in [2.45, 2.75) is 9.79 Å². The van der Waals surface area contributed by atoms with E-state index in [0.29, 0.717) is 0 Å². The quantitative estimate of drug-likeness (QED) is 0.701. The fourth-order valence-electron chi connectivity index (χ4n) is 0.895. The van der Waals surface area contributed by atoms with Crippen molar-refractivity contribution < 1.29 is 16.8 Å². The van der Waals surface area contributed by atoms with Gasteiger partial charge in [-0.2, -0.15) is 0 Å². The van der Waals surface area contributed by atoms with Gasteiger partial charge in [-0.15, -0.1) is 0 Å². The standard InChI is InChI=1S/C7H8NO4S2/c1-13(9,10)6-3-4-8-5-7(6)14(2,11)12/h3,5H,1-2H3. The number of sulfone groups is 2. The largest absolute Gasteiger partial charge is 0.253 e. The molecule has 5 nitrogen and oxygen atoms in total. The van der Waals surface area contributed by atoms with Crippen molar-refractivity contribution in [1.29, 1.82) is 0 Å². The van der Waals surface area contributed by atoms with Crippen LogP contribution >= 0.6 is 0 Å². The van der Waals surface area contributed by atoms with E-state index in [2.05, 4.69) is 11.2 Å². The van der Waals surface area contributed by atoms with Gasteiger partial charge in [0, 0.05) is 18.7 Å². The molecule has 77 valence electrons. The fraction of sp³-hybridized carbons (Fsp3) is 0.286. The van der Waals surface area contributed by atoms with Crippen LogP contribution in [0, 0.1) is 6.20 Å². The number of nitrogens with zero attached hydrogens (tertiary/aromatic N) is 1. The molecule has 0 aliphatic carbocycles. The second-order valence-electron chi connectivity index (χ2n) is 2.80. The van der Waals surface area contributed by atoms with Crippen LogP contribution < -0.4 is 0 Å². The summed E-state index contributed by atoms with van der Waals surface area (Å²) in [5, 5.41) is 0. The third kappa shape index (κ3) is 2.30. The summed E-state index contributed by atoms with van der Waals surface area (Å²) in [7, 11) is -7.15. The summed E-state index contributed by atoms with van der Waals surface area (Å²) < 4.78 is 44.7. The highest BCUT2D eigenvalue weighted by Gasteiger charge is 2.20. The van der Waals surface area contributed by atoms with Crippen LogP contribution in [-0.4, -0.2) is 34.3 Å². The lowest BCUT2D eigenvalue weighted by Crippen LogP contribution is -2.07. The first-order valence-corrected chi connectivity index (χ1v) is 7.27. The molecule has 1 heterocycles. The van der Waals surface area contributed by atoms with Crippen molar-refractivity contribution in [2.24, 2.45) is 0 Å². The molecule has 14 heavy (non-hydrogen) atoms. The Morgan fingerprint density at radius 3 is 1.93 bits per heavy atom. The molecule has 1 radical (unpaired) electrons. The van der Waals surface area contributed by atoms with Crippen LogP contribution in [0.2, 0.25) is 0 Å². The monoisotopic (exact) mass is 234 g/mol. The Balaban J connectivity index is 3.64. The highest BCUT2D eigenvalue weighted by molar-refractivity contribution is 7.93.